The summed E-state index contributed by atoms with van der Waals surface area (Å²) in [6.07, 6.45) is 0.118. The third-order valence-electron chi connectivity index (χ3n) is 8.00. The smallest absolute Gasteiger partial charge is 0.324 e. The van der Waals surface area contributed by atoms with Gasteiger partial charge in [0, 0.05) is 23.7 Å². The van der Waals surface area contributed by atoms with Gasteiger partial charge >= 0.3 is 12.0 Å². The second-order valence-electron chi connectivity index (χ2n) is 11.0. The lowest BCUT2D eigenvalue weighted by Gasteiger charge is -2.27. The number of carbonyl (C=O) groups is 3. The fourth-order valence-corrected chi connectivity index (χ4v) is 5.96. The third-order valence-corrected chi connectivity index (χ3v) is 8.62. The summed E-state index contributed by atoms with van der Waals surface area (Å²) in [5, 5.41) is 12.5. The first-order chi connectivity index (χ1) is 22.5. The van der Waals surface area contributed by atoms with Crippen molar-refractivity contribution in [2.45, 2.75) is 32.4 Å². The van der Waals surface area contributed by atoms with E-state index in [1.807, 2.05) is 4.90 Å². The lowest BCUT2D eigenvalue weighted by atomic mass is 9.96. The molecule has 2 N–H and O–H groups in total. The number of amides is 3. The zero-order valence-corrected chi connectivity index (χ0v) is 28.4. The molecule has 11 nitrogen and oxygen atoms in total. The SMILES string of the molecule is COc1cc(OC)c(CN2C[C@@H](Cc3cc(Cl)ccc3OC)C(=O)N(C(=O)N[C@H](C)c3ccc(CC(=O)O)cc3)CC2=S)c(OC)c1. The number of halogens is 1. The van der Waals surface area contributed by atoms with Crippen molar-refractivity contribution in [3.63, 3.8) is 0 Å². The van der Waals surface area contributed by atoms with Crippen LogP contribution in [0.3, 0.4) is 0 Å². The molecule has 1 heterocycles. The number of imide groups is 1. The number of hydrogen-bond donors (Lipinski definition) is 2. The maximum Gasteiger partial charge on any atom is 0.324 e. The van der Waals surface area contributed by atoms with Crippen molar-refractivity contribution in [3.8, 4) is 23.0 Å². The highest BCUT2D eigenvalue weighted by molar-refractivity contribution is 7.80. The molecule has 1 aliphatic heterocycles. The highest BCUT2D eigenvalue weighted by Gasteiger charge is 2.37. The van der Waals surface area contributed by atoms with Gasteiger partial charge in [0.25, 0.3) is 0 Å². The monoisotopic (exact) mass is 683 g/mol. The van der Waals surface area contributed by atoms with Crippen molar-refractivity contribution in [3.05, 3.63) is 81.9 Å². The Morgan fingerprint density at radius 2 is 1.62 bits per heavy atom. The number of thiocarbonyl (C=S) groups is 1. The van der Waals surface area contributed by atoms with Gasteiger partial charge in [0.05, 0.1) is 70.5 Å². The average Bonchev–Trinajstić information content (AvgIpc) is 3.16. The van der Waals surface area contributed by atoms with Crippen LogP contribution in [0.15, 0.2) is 54.6 Å². The molecular weight excluding hydrogens is 646 g/mol. The van der Waals surface area contributed by atoms with Gasteiger partial charge < -0.3 is 34.3 Å². The molecule has 0 radical (unpaired) electrons. The molecule has 250 valence electrons. The Balaban J connectivity index is 1.66. The molecule has 13 heteroatoms. The van der Waals surface area contributed by atoms with Crippen molar-refractivity contribution in [2.24, 2.45) is 5.92 Å². The van der Waals surface area contributed by atoms with Crippen LogP contribution < -0.4 is 24.3 Å². The Kier molecular flexibility index (Phi) is 11.9. The number of ether oxygens (including phenoxy) is 4. The van der Waals surface area contributed by atoms with E-state index < -0.39 is 29.9 Å². The van der Waals surface area contributed by atoms with E-state index in [0.717, 1.165) is 10.5 Å². The minimum absolute atomic E-state index is 0.107. The normalized spacial score (nSPS) is 15.5. The van der Waals surface area contributed by atoms with E-state index in [1.54, 1.807) is 90.0 Å². The molecule has 0 aliphatic carbocycles. The van der Waals surface area contributed by atoms with Crippen LogP contribution in [0.4, 0.5) is 4.79 Å². The molecular formula is C34H38ClN3O8S. The van der Waals surface area contributed by atoms with Gasteiger partial charge in [-0.15, -0.1) is 0 Å². The van der Waals surface area contributed by atoms with Gasteiger partial charge in [-0.1, -0.05) is 48.1 Å². The van der Waals surface area contributed by atoms with Crippen molar-refractivity contribution < 1.29 is 38.4 Å². The highest BCUT2D eigenvalue weighted by atomic mass is 35.5. The Morgan fingerprint density at radius 3 is 2.19 bits per heavy atom. The molecule has 0 aromatic heterocycles. The van der Waals surface area contributed by atoms with Gasteiger partial charge in [-0.2, -0.15) is 0 Å². The van der Waals surface area contributed by atoms with Crippen molar-refractivity contribution in [1.29, 1.82) is 0 Å². The van der Waals surface area contributed by atoms with Crippen LogP contribution in [0.5, 0.6) is 23.0 Å². The summed E-state index contributed by atoms with van der Waals surface area (Å²) in [6.45, 7) is 2.08. The Labute approximate surface area is 284 Å². The Morgan fingerprint density at radius 1 is 0.979 bits per heavy atom. The molecule has 3 aromatic carbocycles. The number of hydrogen-bond acceptors (Lipinski definition) is 8. The zero-order chi connectivity index (χ0) is 34.2. The Hall–Kier alpha value is -4.55. The molecule has 3 aromatic rings. The molecule has 0 bridgehead atoms. The standard InChI is InChI=1S/C34H38ClN3O8S/c1-20(22-8-6-21(7-9-22)12-32(39)40)36-34(42)38-19-31(47)37(18-27-29(45-4)15-26(43-2)16-30(27)46-5)17-24(33(38)41)13-23-14-25(35)10-11-28(23)44-3/h6-11,14-16,20,24H,12-13,17-19H2,1-5H3,(H,36,42)(H,39,40)/t20-,24-/m1/s1. The predicted molar refractivity (Wildman–Crippen MR) is 181 cm³/mol. The van der Waals surface area contributed by atoms with E-state index in [1.165, 1.54) is 0 Å². The number of nitrogens with zero attached hydrogens (tertiary/aromatic N) is 2. The summed E-state index contributed by atoms with van der Waals surface area (Å²) in [5.41, 5.74) is 2.79. The fourth-order valence-electron chi connectivity index (χ4n) is 5.50. The van der Waals surface area contributed by atoms with Crippen LogP contribution in [0, 0.1) is 5.92 Å². The number of carboxylic acid groups (broad SMARTS) is 1. The lowest BCUT2D eigenvalue weighted by Crippen LogP contribution is -2.48. The van der Waals surface area contributed by atoms with Crippen LogP contribution in [-0.2, 0) is 29.0 Å². The zero-order valence-electron chi connectivity index (χ0n) is 26.9. The first-order valence-electron chi connectivity index (χ1n) is 14.8. The van der Waals surface area contributed by atoms with E-state index in [4.69, 9.17) is 47.9 Å². The maximum absolute atomic E-state index is 14.2. The van der Waals surface area contributed by atoms with Crippen LogP contribution in [0.25, 0.3) is 0 Å². The van der Waals surface area contributed by atoms with E-state index in [2.05, 4.69) is 5.32 Å². The van der Waals surface area contributed by atoms with E-state index >= 15 is 0 Å². The average molecular weight is 684 g/mol. The summed E-state index contributed by atoms with van der Waals surface area (Å²) < 4.78 is 22.3. The second-order valence-corrected chi connectivity index (χ2v) is 12.0. The number of benzene rings is 3. The maximum atomic E-state index is 14.2. The molecule has 47 heavy (non-hydrogen) atoms. The Bertz CT molecular complexity index is 1610. The molecule has 1 saturated heterocycles. The van der Waals surface area contributed by atoms with E-state index in [0.29, 0.717) is 49.7 Å². The highest BCUT2D eigenvalue weighted by Crippen LogP contribution is 2.36. The topological polar surface area (TPSA) is 127 Å². The van der Waals surface area contributed by atoms with Gasteiger partial charge in [-0.3, -0.25) is 14.5 Å². The van der Waals surface area contributed by atoms with Crippen molar-refractivity contribution in [2.75, 3.05) is 41.5 Å². The van der Waals surface area contributed by atoms with E-state index in [-0.39, 0.29) is 32.5 Å². The number of carbonyl (C=O) groups excluding carboxylic acids is 2. The molecule has 3 amide bonds. The summed E-state index contributed by atoms with van der Waals surface area (Å²) >= 11 is 12.2. The van der Waals surface area contributed by atoms with Crippen LogP contribution in [0.2, 0.25) is 5.02 Å². The minimum atomic E-state index is -0.933. The van der Waals surface area contributed by atoms with Crippen molar-refractivity contribution >= 4 is 46.7 Å². The molecule has 0 spiro atoms. The largest absolute Gasteiger partial charge is 0.496 e. The fraction of sp³-hybridized carbons (Fsp3) is 0.353. The van der Waals surface area contributed by atoms with Crippen molar-refractivity contribution in [1.82, 2.24) is 15.1 Å². The number of urea groups is 1. The van der Waals surface area contributed by atoms with Crippen LogP contribution in [-0.4, -0.2) is 79.3 Å². The third kappa shape index (κ3) is 8.63. The summed E-state index contributed by atoms with van der Waals surface area (Å²) in [4.78, 5) is 42.4. The van der Waals surface area contributed by atoms with Gasteiger partial charge in [0.1, 0.15) is 23.0 Å². The van der Waals surface area contributed by atoms with E-state index in [9.17, 15) is 14.4 Å². The number of aliphatic carboxylic acids is 1. The molecule has 1 fully saturated rings. The van der Waals surface area contributed by atoms with Crippen LogP contribution >= 0.6 is 23.8 Å². The first kappa shape index (κ1) is 35.3. The summed E-state index contributed by atoms with van der Waals surface area (Å²) in [6, 6.07) is 14.5. The molecule has 0 saturated carbocycles. The summed E-state index contributed by atoms with van der Waals surface area (Å²) in [7, 11) is 6.18. The lowest BCUT2D eigenvalue weighted by molar-refractivity contribution is -0.136. The quantitative estimate of drug-likeness (QED) is 0.243. The summed E-state index contributed by atoms with van der Waals surface area (Å²) in [5.74, 6) is 0.0977. The molecule has 1 aliphatic rings. The van der Waals surface area contributed by atoms with Gasteiger partial charge in [-0.05, 0) is 48.2 Å². The van der Waals surface area contributed by atoms with Gasteiger partial charge in [0.2, 0.25) is 5.91 Å². The first-order valence-corrected chi connectivity index (χ1v) is 15.6. The molecule has 0 unspecified atom stereocenters. The van der Waals surface area contributed by atoms with Gasteiger partial charge in [0.15, 0.2) is 0 Å². The molecule has 2 atom stereocenters. The van der Waals surface area contributed by atoms with Crippen LogP contribution in [0.1, 0.15) is 35.2 Å². The van der Waals surface area contributed by atoms with Gasteiger partial charge in [-0.25, -0.2) is 4.79 Å². The minimum Gasteiger partial charge on any atom is -0.496 e. The second kappa shape index (κ2) is 15.8. The predicted octanol–water partition coefficient (Wildman–Crippen LogP) is 5.30. The number of methoxy groups -OCH3 is 4. The number of rotatable bonds is 12. The number of carboxylic acids is 1. The number of nitrogens with one attached hydrogen (secondary N) is 1. The molecule has 4 rings (SSSR count).